The molecule has 4 rings (SSSR count). The zero-order valence-corrected chi connectivity index (χ0v) is 18.8. The fourth-order valence-electron chi connectivity index (χ4n) is 4.24. The number of carbonyl (C=O) groups excluding carboxylic acids is 1. The Morgan fingerprint density at radius 1 is 1.24 bits per heavy atom. The number of aryl methyl sites for hydroxylation is 1. The van der Waals surface area contributed by atoms with Gasteiger partial charge in [0.1, 0.15) is 11.5 Å². The van der Waals surface area contributed by atoms with Gasteiger partial charge in [0.2, 0.25) is 5.88 Å². The van der Waals surface area contributed by atoms with E-state index in [1.807, 2.05) is 38.1 Å². The number of rotatable bonds is 8. The molecule has 0 amide bonds. The van der Waals surface area contributed by atoms with Crippen molar-refractivity contribution < 1.29 is 19.4 Å². The van der Waals surface area contributed by atoms with Crippen LogP contribution in [0.4, 0.5) is 0 Å². The molecule has 1 saturated carbocycles. The highest BCUT2D eigenvalue weighted by atomic mass is 16.5. The summed E-state index contributed by atoms with van der Waals surface area (Å²) in [5.41, 5.74) is 2.41. The van der Waals surface area contributed by atoms with E-state index in [0.29, 0.717) is 24.5 Å². The number of carboxylic acid groups (broad SMARTS) is 1. The molecule has 1 aromatic carbocycles. The minimum absolute atomic E-state index is 0.175. The first-order valence-corrected chi connectivity index (χ1v) is 11.2. The number of hydrogen-bond acceptors (Lipinski definition) is 6. The summed E-state index contributed by atoms with van der Waals surface area (Å²) in [5, 5.41) is 11.5. The standard InChI is InChI=1S/C26H27N3O4/c1-3-4-20-22(9-10-24(20)30)29-23(26(31)32)14-17-5-7-19(8-6-17)33-25-21-15-27-12-11-18(21)13-16(2)28-25/h5-8,11-13,15,20,23H,3-4,9-10,14H2,1-2H3,(H,31,32). The number of carbonyl (C=O) groups is 2. The van der Waals surface area contributed by atoms with Gasteiger partial charge < -0.3 is 9.84 Å². The zero-order valence-electron chi connectivity index (χ0n) is 18.8. The van der Waals surface area contributed by atoms with E-state index in [4.69, 9.17) is 4.74 Å². The lowest BCUT2D eigenvalue weighted by Gasteiger charge is -2.14. The summed E-state index contributed by atoms with van der Waals surface area (Å²) in [6.45, 7) is 3.93. The number of Topliss-reactive ketones (excluding diaryl/α,β-unsaturated/α-hetero) is 1. The number of pyridine rings is 2. The molecule has 33 heavy (non-hydrogen) atoms. The Balaban J connectivity index is 1.50. The van der Waals surface area contributed by atoms with E-state index in [2.05, 4.69) is 15.0 Å². The van der Waals surface area contributed by atoms with Crippen LogP contribution < -0.4 is 4.74 Å². The predicted molar refractivity (Wildman–Crippen MR) is 126 cm³/mol. The number of aromatic nitrogens is 2. The quantitative estimate of drug-likeness (QED) is 0.527. The van der Waals surface area contributed by atoms with Crippen molar-refractivity contribution in [1.29, 1.82) is 0 Å². The summed E-state index contributed by atoms with van der Waals surface area (Å²) >= 11 is 0. The van der Waals surface area contributed by atoms with Crippen molar-refractivity contribution in [2.75, 3.05) is 0 Å². The highest BCUT2D eigenvalue weighted by Crippen LogP contribution is 2.29. The molecule has 2 unspecified atom stereocenters. The van der Waals surface area contributed by atoms with Crippen molar-refractivity contribution in [2.24, 2.45) is 10.9 Å². The van der Waals surface area contributed by atoms with Crippen LogP contribution in [0.3, 0.4) is 0 Å². The molecule has 2 atom stereocenters. The molecule has 0 spiro atoms. The molecule has 7 heteroatoms. The Labute approximate surface area is 192 Å². The molecule has 3 aromatic rings. The largest absolute Gasteiger partial charge is 0.480 e. The average molecular weight is 446 g/mol. The fraction of sp³-hybridized carbons (Fsp3) is 0.346. The van der Waals surface area contributed by atoms with Crippen molar-refractivity contribution in [1.82, 2.24) is 9.97 Å². The van der Waals surface area contributed by atoms with E-state index in [-0.39, 0.29) is 18.1 Å². The predicted octanol–water partition coefficient (Wildman–Crippen LogP) is 4.95. The van der Waals surface area contributed by atoms with Crippen molar-refractivity contribution in [3.63, 3.8) is 0 Å². The van der Waals surface area contributed by atoms with Crippen LogP contribution in [0.2, 0.25) is 0 Å². The first-order valence-electron chi connectivity index (χ1n) is 11.2. The molecule has 2 heterocycles. The Morgan fingerprint density at radius 3 is 2.76 bits per heavy atom. The Bertz CT molecular complexity index is 1200. The number of ketones is 1. The van der Waals surface area contributed by atoms with Crippen LogP contribution in [-0.4, -0.2) is 38.6 Å². The number of aliphatic carboxylic acids is 1. The van der Waals surface area contributed by atoms with Crippen LogP contribution >= 0.6 is 0 Å². The Hall–Kier alpha value is -3.61. The second-order valence-electron chi connectivity index (χ2n) is 8.40. The van der Waals surface area contributed by atoms with Gasteiger partial charge in [-0.3, -0.25) is 14.8 Å². The van der Waals surface area contributed by atoms with Gasteiger partial charge in [0.15, 0.2) is 6.04 Å². The summed E-state index contributed by atoms with van der Waals surface area (Å²) in [4.78, 5) is 37.2. The van der Waals surface area contributed by atoms with E-state index in [1.165, 1.54) is 0 Å². The number of benzene rings is 1. The molecule has 7 nitrogen and oxygen atoms in total. The zero-order chi connectivity index (χ0) is 23.4. The van der Waals surface area contributed by atoms with Crippen LogP contribution in [0.25, 0.3) is 10.8 Å². The van der Waals surface area contributed by atoms with E-state index < -0.39 is 12.0 Å². The number of ether oxygens (including phenoxy) is 1. The lowest BCUT2D eigenvalue weighted by molar-refractivity contribution is -0.138. The van der Waals surface area contributed by atoms with E-state index in [0.717, 1.165) is 40.6 Å². The van der Waals surface area contributed by atoms with Crippen LogP contribution in [0.15, 0.2) is 53.8 Å². The smallest absolute Gasteiger partial charge is 0.328 e. The fourth-order valence-corrected chi connectivity index (χ4v) is 4.24. The van der Waals surface area contributed by atoms with Gasteiger partial charge in [0.25, 0.3) is 0 Å². The summed E-state index contributed by atoms with van der Waals surface area (Å²) in [5.74, 6) is 0.0472. The molecule has 1 aliphatic rings. The first kappa shape index (κ1) is 22.6. The molecule has 2 aromatic heterocycles. The maximum absolute atomic E-state index is 12.1. The molecular weight excluding hydrogens is 418 g/mol. The van der Waals surface area contributed by atoms with E-state index in [1.54, 1.807) is 24.5 Å². The number of aliphatic imine (C=N–C) groups is 1. The second-order valence-corrected chi connectivity index (χ2v) is 8.40. The molecule has 1 N–H and O–H groups in total. The minimum Gasteiger partial charge on any atom is -0.480 e. The van der Waals surface area contributed by atoms with Crippen LogP contribution in [0.5, 0.6) is 11.6 Å². The summed E-state index contributed by atoms with van der Waals surface area (Å²) < 4.78 is 6.01. The van der Waals surface area contributed by atoms with Gasteiger partial charge in [-0.25, -0.2) is 9.78 Å². The highest BCUT2D eigenvalue weighted by Gasteiger charge is 2.31. The van der Waals surface area contributed by atoms with Crippen molar-refractivity contribution >= 4 is 28.2 Å². The Kier molecular flexibility index (Phi) is 6.77. The van der Waals surface area contributed by atoms with Crippen molar-refractivity contribution in [3.05, 3.63) is 60.0 Å². The van der Waals surface area contributed by atoms with Gasteiger partial charge in [-0.05, 0) is 55.0 Å². The number of hydrogen-bond donors (Lipinski definition) is 1. The first-order chi connectivity index (χ1) is 15.9. The maximum Gasteiger partial charge on any atom is 0.328 e. The monoisotopic (exact) mass is 445 g/mol. The highest BCUT2D eigenvalue weighted by molar-refractivity contribution is 6.11. The third kappa shape index (κ3) is 5.25. The second kappa shape index (κ2) is 9.90. The van der Waals surface area contributed by atoms with Gasteiger partial charge >= 0.3 is 5.97 Å². The third-order valence-electron chi connectivity index (χ3n) is 5.90. The molecule has 0 radical (unpaired) electrons. The van der Waals surface area contributed by atoms with E-state index >= 15 is 0 Å². The van der Waals surface area contributed by atoms with Gasteiger partial charge in [-0.15, -0.1) is 0 Å². The molecule has 1 aliphatic carbocycles. The number of carboxylic acids is 1. The molecule has 0 bridgehead atoms. The number of nitrogens with zero attached hydrogens (tertiary/aromatic N) is 3. The normalized spacial score (nSPS) is 18.1. The molecule has 0 aliphatic heterocycles. The van der Waals surface area contributed by atoms with Gasteiger partial charge in [0.05, 0.1) is 11.3 Å². The van der Waals surface area contributed by atoms with Crippen LogP contribution in [-0.2, 0) is 16.0 Å². The molecular formula is C26H27N3O4. The summed E-state index contributed by atoms with van der Waals surface area (Å²) in [6.07, 6.45) is 6.33. The van der Waals surface area contributed by atoms with Crippen LogP contribution in [0, 0.1) is 12.8 Å². The topological polar surface area (TPSA) is 102 Å². The lowest BCUT2D eigenvalue weighted by atomic mass is 9.99. The van der Waals surface area contributed by atoms with Gasteiger partial charge in [0, 0.05) is 36.6 Å². The van der Waals surface area contributed by atoms with Crippen molar-refractivity contribution in [3.8, 4) is 11.6 Å². The Morgan fingerprint density at radius 2 is 2.03 bits per heavy atom. The van der Waals surface area contributed by atoms with Crippen LogP contribution in [0.1, 0.15) is 43.9 Å². The molecule has 170 valence electrons. The summed E-state index contributed by atoms with van der Waals surface area (Å²) in [6, 6.07) is 10.3. The number of fused-ring (bicyclic) bond motifs is 1. The minimum atomic E-state index is -0.986. The van der Waals surface area contributed by atoms with Crippen molar-refractivity contribution in [2.45, 2.75) is 52.0 Å². The maximum atomic E-state index is 12.1. The summed E-state index contributed by atoms with van der Waals surface area (Å²) in [7, 11) is 0. The van der Waals surface area contributed by atoms with Gasteiger partial charge in [-0.2, -0.15) is 0 Å². The molecule has 0 saturated heterocycles. The third-order valence-corrected chi connectivity index (χ3v) is 5.90. The SMILES string of the molecule is CCCC1C(=O)CCC1=NC(Cc1ccc(Oc2nc(C)cc3ccncc23)cc1)C(=O)O. The lowest BCUT2D eigenvalue weighted by Crippen LogP contribution is -2.24. The average Bonchev–Trinajstić information content (AvgIpc) is 3.14. The van der Waals surface area contributed by atoms with Gasteiger partial charge in [-0.1, -0.05) is 25.5 Å². The molecule has 1 fully saturated rings. The van der Waals surface area contributed by atoms with E-state index in [9.17, 15) is 14.7 Å².